The molecule has 0 heterocycles. The van der Waals surface area contributed by atoms with Gasteiger partial charge in [0.25, 0.3) is 0 Å². The Balaban J connectivity index is 2.19. The van der Waals surface area contributed by atoms with E-state index >= 15 is 0 Å². The minimum Gasteiger partial charge on any atom is -0.322 e. The van der Waals surface area contributed by atoms with Gasteiger partial charge in [0.2, 0.25) is 15.9 Å². The van der Waals surface area contributed by atoms with Crippen LogP contribution in [0.3, 0.4) is 0 Å². The van der Waals surface area contributed by atoms with E-state index in [1.165, 1.54) is 25.1 Å². The molecule has 0 aliphatic heterocycles. The number of hydrogen-bond acceptors (Lipinski definition) is 3. The van der Waals surface area contributed by atoms with Gasteiger partial charge in [-0.1, -0.05) is 52.5 Å². The topological polar surface area (TPSA) is 75.3 Å². The van der Waals surface area contributed by atoms with E-state index in [4.69, 9.17) is 46.4 Å². The van der Waals surface area contributed by atoms with Crippen LogP contribution in [-0.2, 0) is 14.8 Å². The van der Waals surface area contributed by atoms with E-state index in [-0.39, 0.29) is 30.7 Å². The Bertz CT molecular complexity index is 899. The van der Waals surface area contributed by atoms with Crippen molar-refractivity contribution in [3.63, 3.8) is 0 Å². The molecule has 2 N–H and O–H groups in total. The number of anilines is 1. The molecule has 0 aliphatic rings. The van der Waals surface area contributed by atoms with Gasteiger partial charge in [-0.25, -0.2) is 8.42 Å². The molecule has 0 saturated carbocycles. The first-order valence-electron chi connectivity index (χ1n) is 6.84. The van der Waals surface area contributed by atoms with Crippen molar-refractivity contribution in [2.24, 2.45) is 0 Å². The first-order valence-corrected chi connectivity index (χ1v) is 9.83. The highest BCUT2D eigenvalue weighted by atomic mass is 35.5. The Morgan fingerprint density at radius 3 is 2.20 bits per heavy atom. The van der Waals surface area contributed by atoms with Crippen molar-refractivity contribution in [3.8, 4) is 0 Å². The summed E-state index contributed by atoms with van der Waals surface area (Å²) in [5.41, 5.74) is 0.197. The second-order valence-corrected chi connectivity index (χ2v) is 8.34. The third kappa shape index (κ3) is 5.00. The minimum absolute atomic E-state index is 0.0151. The number of carbonyl (C=O) groups is 1. The van der Waals surface area contributed by atoms with Crippen LogP contribution in [0.1, 0.15) is 6.92 Å². The van der Waals surface area contributed by atoms with Crippen molar-refractivity contribution in [1.29, 1.82) is 0 Å². The average molecular weight is 442 g/mol. The lowest BCUT2D eigenvalue weighted by atomic mass is 10.3. The quantitative estimate of drug-likeness (QED) is 0.711. The summed E-state index contributed by atoms with van der Waals surface area (Å²) in [5.74, 6) is -0.642. The van der Waals surface area contributed by atoms with Crippen LogP contribution in [0.25, 0.3) is 0 Å². The lowest BCUT2D eigenvalue weighted by molar-refractivity contribution is -0.117. The first kappa shape index (κ1) is 20.3. The van der Waals surface area contributed by atoms with Crippen molar-refractivity contribution < 1.29 is 13.2 Å². The average Bonchev–Trinajstić information content (AvgIpc) is 2.52. The van der Waals surface area contributed by atoms with Gasteiger partial charge in [-0.2, -0.15) is 4.72 Å². The summed E-state index contributed by atoms with van der Waals surface area (Å²) in [6, 6.07) is 7.60. The summed E-state index contributed by atoms with van der Waals surface area (Å²) in [6.07, 6.45) is 0. The molecule has 5 nitrogen and oxygen atoms in total. The number of sulfonamides is 1. The molecule has 0 aliphatic carbocycles. The summed E-state index contributed by atoms with van der Waals surface area (Å²) >= 11 is 23.7. The van der Waals surface area contributed by atoms with E-state index in [0.29, 0.717) is 0 Å². The molecule has 1 atom stereocenters. The molecule has 2 rings (SSSR count). The normalized spacial score (nSPS) is 12.7. The van der Waals surface area contributed by atoms with Gasteiger partial charge in [-0.3, -0.25) is 4.79 Å². The Hall–Kier alpha value is -1.02. The second-order valence-electron chi connectivity index (χ2n) is 5.00. The molecule has 0 fully saturated rings. The van der Waals surface area contributed by atoms with Gasteiger partial charge < -0.3 is 5.32 Å². The molecule has 10 heteroatoms. The van der Waals surface area contributed by atoms with Crippen LogP contribution < -0.4 is 10.0 Å². The smallest absolute Gasteiger partial charge is 0.242 e. The summed E-state index contributed by atoms with van der Waals surface area (Å²) in [7, 11) is -4.06. The van der Waals surface area contributed by atoms with Gasteiger partial charge in [0.15, 0.2) is 0 Å². The van der Waals surface area contributed by atoms with Crippen LogP contribution in [0.2, 0.25) is 20.1 Å². The van der Waals surface area contributed by atoms with Crippen LogP contribution in [0.15, 0.2) is 41.3 Å². The lowest BCUT2D eigenvalue weighted by Gasteiger charge is -2.16. The molecule has 0 spiro atoms. The molecule has 0 radical (unpaired) electrons. The molecule has 134 valence electrons. The Morgan fingerprint density at radius 2 is 1.60 bits per heavy atom. The predicted molar refractivity (Wildman–Crippen MR) is 101 cm³/mol. The van der Waals surface area contributed by atoms with E-state index in [1.54, 1.807) is 18.2 Å². The molecular formula is C15H12Cl4N2O3S. The van der Waals surface area contributed by atoms with E-state index in [0.717, 1.165) is 0 Å². The van der Waals surface area contributed by atoms with Crippen molar-refractivity contribution in [2.75, 3.05) is 5.32 Å². The zero-order chi connectivity index (χ0) is 18.8. The summed E-state index contributed by atoms with van der Waals surface area (Å²) in [5, 5.41) is 3.13. The van der Waals surface area contributed by atoms with Gasteiger partial charge in [-0.15, -0.1) is 0 Å². The number of benzene rings is 2. The third-order valence-corrected chi connectivity index (χ3v) is 6.01. The SMILES string of the molecule is C[C@H](NS(=O)(=O)c1cc(Cl)ccc1Cl)C(=O)Nc1c(Cl)cccc1Cl. The van der Waals surface area contributed by atoms with Gasteiger partial charge in [0, 0.05) is 5.02 Å². The molecule has 0 bridgehead atoms. The van der Waals surface area contributed by atoms with E-state index in [9.17, 15) is 13.2 Å². The van der Waals surface area contributed by atoms with Crippen molar-refractivity contribution in [2.45, 2.75) is 17.9 Å². The second kappa shape index (κ2) is 8.12. The summed E-state index contributed by atoms with van der Waals surface area (Å²) < 4.78 is 27.1. The standard InChI is InChI=1S/C15H12Cl4N2O3S/c1-8(15(22)20-14-11(18)3-2-4-12(14)19)21-25(23,24)13-7-9(16)5-6-10(13)17/h2-8,21H,1H3,(H,20,22)/t8-/m0/s1. The number of hydrogen-bond donors (Lipinski definition) is 2. The fraction of sp³-hybridized carbons (Fsp3) is 0.133. The zero-order valence-corrected chi connectivity index (χ0v) is 16.5. The molecule has 0 aromatic heterocycles. The minimum atomic E-state index is -4.06. The van der Waals surface area contributed by atoms with Crippen LogP contribution in [0.4, 0.5) is 5.69 Å². The molecule has 0 unspecified atom stereocenters. The van der Waals surface area contributed by atoms with Gasteiger partial charge in [0.05, 0.1) is 26.8 Å². The summed E-state index contributed by atoms with van der Waals surface area (Å²) in [6.45, 7) is 1.37. The highest BCUT2D eigenvalue weighted by molar-refractivity contribution is 7.89. The van der Waals surface area contributed by atoms with E-state index < -0.39 is 22.0 Å². The molecular weight excluding hydrogens is 430 g/mol. The van der Waals surface area contributed by atoms with Gasteiger partial charge >= 0.3 is 0 Å². The number of halogens is 4. The van der Waals surface area contributed by atoms with Crippen molar-refractivity contribution in [3.05, 3.63) is 56.5 Å². The van der Waals surface area contributed by atoms with Gasteiger partial charge in [0.1, 0.15) is 4.90 Å². The third-order valence-electron chi connectivity index (χ3n) is 3.12. The highest BCUT2D eigenvalue weighted by Gasteiger charge is 2.25. The number of rotatable bonds is 5. The molecule has 2 aromatic rings. The van der Waals surface area contributed by atoms with Crippen LogP contribution in [0.5, 0.6) is 0 Å². The van der Waals surface area contributed by atoms with E-state index in [1.807, 2.05) is 0 Å². The van der Waals surface area contributed by atoms with Gasteiger partial charge in [-0.05, 0) is 37.3 Å². The Morgan fingerprint density at radius 1 is 1.00 bits per heavy atom. The highest BCUT2D eigenvalue weighted by Crippen LogP contribution is 2.30. The van der Waals surface area contributed by atoms with E-state index in [2.05, 4.69) is 10.0 Å². The molecule has 25 heavy (non-hydrogen) atoms. The van der Waals surface area contributed by atoms with Crippen LogP contribution in [0, 0.1) is 0 Å². The fourth-order valence-electron chi connectivity index (χ4n) is 1.88. The predicted octanol–water partition coefficient (Wildman–Crippen LogP) is 4.61. The Kier molecular flexibility index (Phi) is 6.59. The zero-order valence-electron chi connectivity index (χ0n) is 12.7. The van der Waals surface area contributed by atoms with Crippen LogP contribution >= 0.6 is 46.4 Å². The summed E-state index contributed by atoms with van der Waals surface area (Å²) in [4.78, 5) is 12.0. The maximum Gasteiger partial charge on any atom is 0.242 e. The maximum absolute atomic E-state index is 12.4. The first-order chi connectivity index (χ1) is 11.6. The van der Waals surface area contributed by atoms with Crippen LogP contribution in [-0.4, -0.2) is 20.4 Å². The van der Waals surface area contributed by atoms with Crippen molar-refractivity contribution >= 4 is 68.0 Å². The maximum atomic E-state index is 12.4. The molecule has 1 amide bonds. The molecule has 0 saturated heterocycles. The lowest BCUT2D eigenvalue weighted by Crippen LogP contribution is -2.41. The monoisotopic (exact) mass is 440 g/mol. The number of nitrogens with one attached hydrogen (secondary N) is 2. The number of para-hydroxylation sites is 1. The molecule has 2 aromatic carbocycles. The largest absolute Gasteiger partial charge is 0.322 e. The number of amides is 1. The number of carbonyl (C=O) groups excluding carboxylic acids is 1. The van der Waals surface area contributed by atoms with Crippen molar-refractivity contribution in [1.82, 2.24) is 4.72 Å². The fourth-order valence-corrected chi connectivity index (χ4v) is 4.34. The Labute approximate surface area is 165 Å².